The molecule has 0 saturated heterocycles. The molecule has 0 fully saturated rings. The zero-order valence-corrected chi connectivity index (χ0v) is 12.6. The molecule has 0 aliphatic carbocycles. The Hall–Kier alpha value is -3.01. The predicted octanol–water partition coefficient (Wildman–Crippen LogP) is 4.19. The third kappa shape index (κ3) is 4.04. The molecule has 1 N–H and O–H groups in total. The van der Waals surface area contributed by atoms with Crippen LogP contribution in [0.3, 0.4) is 0 Å². The van der Waals surface area contributed by atoms with Crippen LogP contribution in [-0.4, -0.2) is 13.0 Å². The highest BCUT2D eigenvalue weighted by Gasteiger charge is 2.30. The Morgan fingerprint density at radius 1 is 1.25 bits per heavy atom. The number of carbonyl (C=O) groups excluding carboxylic acids is 1. The standard InChI is InChI=1S/C17H13F3N2O2/c1-21-14-9-12(16(23)22-2)6-7-15(14)24-10-11-4-3-5-13(8-11)17(18,19)20/h3-9H,10H2,2H3,(H,22,23). The van der Waals surface area contributed by atoms with Crippen LogP contribution in [-0.2, 0) is 12.8 Å². The molecule has 0 aliphatic heterocycles. The van der Waals surface area contributed by atoms with Crippen LogP contribution in [0.2, 0.25) is 0 Å². The van der Waals surface area contributed by atoms with Gasteiger partial charge in [-0.2, -0.15) is 13.2 Å². The summed E-state index contributed by atoms with van der Waals surface area (Å²) in [5.74, 6) is -0.139. The third-order valence-corrected chi connectivity index (χ3v) is 3.22. The predicted molar refractivity (Wildman–Crippen MR) is 81.9 cm³/mol. The van der Waals surface area contributed by atoms with E-state index in [0.717, 1.165) is 12.1 Å². The second-order valence-corrected chi connectivity index (χ2v) is 4.86. The fourth-order valence-electron chi connectivity index (χ4n) is 2.01. The van der Waals surface area contributed by atoms with E-state index in [2.05, 4.69) is 10.2 Å². The molecule has 7 heteroatoms. The fourth-order valence-corrected chi connectivity index (χ4v) is 2.01. The maximum Gasteiger partial charge on any atom is 0.416 e. The number of benzene rings is 2. The Labute approximate surface area is 136 Å². The van der Waals surface area contributed by atoms with Crippen LogP contribution in [0.4, 0.5) is 18.9 Å². The van der Waals surface area contributed by atoms with Gasteiger partial charge in [0.25, 0.3) is 0 Å². The molecule has 0 atom stereocenters. The monoisotopic (exact) mass is 334 g/mol. The number of rotatable bonds is 4. The lowest BCUT2D eigenvalue weighted by atomic mass is 10.1. The van der Waals surface area contributed by atoms with Crippen LogP contribution in [0.1, 0.15) is 21.5 Å². The number of ether oxygens (including phenoxy) is 1. The quantitative estimate of drug-likeness (QED) is 0.852. The smallest absolute Gasteiger partial charge is 0.416 e. The summed E-state index contributed by atoms with van der Waals surface area (Å²) in [4.78, 5) is 14.8. The zero-order chi connectivity index (χ0) is 17.7. The van der Waals surface area contributed by atoms with E-state index in [0.29, 0.717) is 11.1 Å². The molecule has 0 spiro atoms. The molecule has 2 aromatic carbocycles. The minimum Gasteiger partial charge on any atom is -0.500 e. The molecule has 124 valence electrons. The number of amides is 1. The van der Waals surface area contributed by atoms with E-state index < -0.39 is 11.7 Å². The van der Waals surface area contributed by atoms with Crippen molar-refractivity contribution in [2.45, 2.75) is 12.8 Å². The second-order valence-electron chi connectivity index (χ2n) is 4.86. The van der Waals surface area contributed by atoms with Gasteiger partial charge in [0.05, 0.1) is 12.1 Å². The highest BCUT2D eigenvalue weighted by Crippen LogP contribution is 2.31. The number of hydrogen-bond acceptors (Lipinski definition) is 2. The van der Waals surface area contributed by atoms with E-state index in [1.165, 1.54) is 37.4 Å². The highest BCUT2D eigenvalue weighted by molar-refractivity contribution is 5.95. The molecule has 1 amide bonds. The Balaban J connectivity index is 2.18. The van der Waals surface area contributed by atoms with Crippen LogP contribution in [0, 0.1) is 6.57 Å². The SMILES string of the molecule is [C-]#[N+]c1cc(C(=O)NC)ccc1OCc1cccc(C(F)(F)F)c1. The molecule has 0 aromatic heterocycles. The van der Waals surface area contributed by atoms with E-state index in [4.69, 9.17) is 11.3 Å². The molecular weight excluding hydrogens is 321 g/mol. The lowest BCUT2D eigenvalue weighted by molar-refractivity contribution is -0.137. The summed E-state index contributed by atoms with van der Waals surface area (Å²) in [7, 11) is 1.47. The fraction of sp³-hybridized carbons (Fsp3) is 0.176. The maximum atomic E-state index is 12.7. The molecule has 0 saturated carbocycles. The third-order valence-electron chi connectivity index (χ3n) is 3.22. The molecule has 24 heavy (non-hydrogen) atoms. The molecule has 0 unspecified atom stereocenters. The number of carbonyl (C=O) groups is 1. The molecule has 0 aliphatic rings. The lowest BCUT2D eigenvalue weighted by Gasteiger charge is -2.11. The van der Waals surface area contributed by atoms with Crippen molar-refractivity contribution in [3.8, 4) is 5.75 Å². The molecule has 2 aromatic rings. The molecule has 4 nitrogen and oxygen atoms in total. The van der Waals surface area contributed by atoms with E-state index in [1.807, 2.05) is 0 Å². The van der Waals surface area contributed by atoms with Crippen LogP contribution < -0.4 is 10.1 Å². The summed E-state index contributed by atoms with van der Waals surface area (Å²) in [5.41, 5.74) is -0.0157. The first-order valence-electron chi connectivity index (χ1n) is 6.87. The van der Waals surface area contributed by atoms with Gasteiger partial charge < -0.3 is 10.1 Å². The van der Waals surface area contributed by atoms with Gasteiger partial charge in [-0.15, -0.1) is 0 Å². The highest BCUT2D eigenvalue weighted by atomic mass is 19.4. The summed E-state index contributed by atoms with van der Waals surface area (Å²) in [5, 5.41) is 2.44. The Morgan fingerprint density at radius 2 is 2.00 bits per heavy atom. The molecule has 0 radical (unpaired) electrons. The van der Waals surface area contributed by atoms with Crippen molar-refractivity contribution in [3.63, 3.8) is 0 Å². The van der Waals surface area contributed by atoms with Crippen molar-refractivity contribution in [1.82, 2.24) is 5.32 Å². The van der Waals surface area contributed by atoms with Crippen molar-refractivity contribution >= 4 is 11.6 Å². The van der Waals surface area contributed by atoms with Crippen molar-refractivity contribution < 1.29 is 22.7 Å². The normalized spacial score (nSPS) is 10.8. The van der Waals surface area contributed by atoms with Gasteiger partial charge in [0.15, 0.2) is 0 Å². The second kappa shape index (κ2) is 7.04. The summed E-state index contributed by atoms with van der Waals surface area (Å²) in [6.07, 6.45) is -4.42. The van der Waals surface area contributed by atoms with Gasteiger partial charge in [0.1, 0.15) is 12.4 Å². The van der Waals surface area contributed by atoms with Crippen LogP contribution in [0.5, 0.6) is 5.75 Å². The molecule has 2 rings (SSSR count). The first kappa shape index (κ1) is 17.3. The average Bonchev–Trinajstić information content (AvgIpc) is 2.58. The van der Waals surface area contributed by atoms with Crippen molar-refractivity contribution in [3.05, 3.63) is 70.6 Å². The first-order chi connectivity index (χ1) is 11.3. The number of halogens is 3. The van der Waals surface area contributed by atoms with E-state index in [-0.39, 0.29) is 24.0 Å². The Bertz CT molecular complexity index is 795. The summed E-state index contributed by atoms with van der Waals surface area (Å²) in [6.45, 7) is 7.02. The van der Waals surface area contributed by atoms with Gasteiger partial charge in [-0.3, -0.25) is 4.79 Å². The number of nitrogens with zero attached hydrogens (tertiary/aromatic N) is 1. The van der Waals surface area contributed by atoms with Crippen LogP contribution in [0.15, 0.2) is 42.5 Å². The molecular formula is C17H13F3N2O2. The molecule has 0 bridgehead atoms. The van der Waals surface area contributed by atoms with E-state index >= 15 is 0 Å². The van der Waals surface area contributed by atoms with Crippen molar-refractivity contribution in [2.24, 2.45) is 0 Å². The number of nitrogens with one attached hydrogen (secondary N) is 1. The lowest BCUT2D eigenvalue weighted by Crippen LogP contribution is -2.17. The summed E-state index contributed by atoms with van der Waals surface area (Å²) in [6, 6.07) is 9.08. The molecule has 0 heterocycles. The number of hydrogen-bond donors (Lipinski definition) is 1. The topological polar surface area (TPSA) is 42.7 Å². The van der Waals surface area contributed by atoms with Crippen LogP contribution in [0.25, 0.3) is 4.85 Å². The zero-order valence-electron chi connectivity index (χ0n) is 12.6. The van der Waals surface area contributed by atoms with Gasteiger partial charge in [0.2, 0.25) is 11.6 Å². The first-order valence-corrected chi connectivity index (χ1v) is 6.87. The Kier molecular flexibility index (Phi) is 5.09. The average molecular weight is 334 g/mol. The van der Waals surface area contributed by atoms with Crippen molar-refractivity contribution in [2.75, 3.05) is 7.05 Å². The Morgan fingerprint density at radius 3 is 2.62 bits per heavy atom. The maximum absolute atomic E-state index is 12.7. The van der Waals surface area contributed by atoms with Gasteiger partial charge in [0, 0.05) is 12.6 Å². The van der Waals surface area contributed by atoms with Gasteiger partial charge in [-0.05, 0) is 35.9 Å². The van der Waals surface area contributed by atoms with Gasteiger partial charge in [-0.1, -0.05) is 12.1 Å². The van der Waals surface area contributed by atoms with Crippen molar-refractivity contribution in [1.29, 1.82) is 0 Å². The summed E-state index contributed by atoms with van der Waals surface area (Å²) >= 11 is 0. The van der Waals surface area contributed by atoms with E-state index in [9.17, 15) is 18.0 Å². The minimum atomic E-state index is -4.42. The van der Waals surface area contributed by atoms with E-state index in [1.54, 1.807) is 0 Å². The largest absolute Gasteiger partial charge is 0.500 e. The van der Waals surface area contributed by atoms with Crippen LogP contribution >= 0.6 is 0 Å². The number of alkyl halides is 3. The summed E-state index contributed by atoms with van der Waals surface area (Å²) < 4.78 is 43.5. The van der Waals surface area contributed by atoms with Gasteiger partial charge in [-0.25, -0.2) is 4.85 Å². The van der Waals surface area contributed by atoms with Gasteiger partial charge >= 0.3 is 6.18 Å². The minimum absolute atomic E-state index is 0.114.